The second kappa shape index (κ2) is 14.4. The molecule has 0 bridgehead atoms. The largest absolute Gasteiger partial charge is 0.494 e. The van der Waals surface area contributed by atoms with E-state index in [0.29, 0.717) is 51.7 Å². The number of hydrogen-bond acceptors (Lipinski definition) is 6. The number of amides is 2. The van der Waals surface area contributed by atoms with Gasteiger partial charge in [0.2, 0.25) is 0 Å². The molecular weight excluding hydrogens is 607 g/mol. The second-order valence-corrected chi connectivity index (χ2v) is 11.9. The van der Waals surface area contributed by atoms with E-state index < -0.39 is 36.0 Å². The Balaban J connectivity index is 1.41. The summed E-state index contributed by atoms with van der Waals surface area (Å²) in [6.07, 6.45) is 2.50. The lowest BCUT2D eigenvalue weighted by molar-refractivity contribution is -0.139. The number of benzene rings is 3. The molecule has 2 aliphatic rings. The lowest BCUT2D eigenvalue weighted by Crippen LogP contribution is -2.55. The molecule has 3 N–H and O–H groups in total. The van der Waals surface area contributed by atoms with Gasteiger partial charge < -0.3 is 19.8 Å². The zero-order valence-corrected chi connectivity index (χ0v) is 25.5. The number of halogens is 2. The smallest absolute Gasteiger partial charge is 0.303 e. The van der Waals surface area contributed by atoms with Gasteiger partial charge in [-0.3, -0.25) is 19.2 Å². The molecule has 1 aliphatic carbocycles. The fraction of sp³-hybridized carbons (Fsp3) is 0.364. The standard InChI is InChI=1S/C33H34Cl2N2O7/c34-21-14-15-25(26(35)18-21)31-30(23-9-1-2-10-24(23)33(42)37(31)27-11-3-4-12-28(27)38)32(41)36-44-19-20-7-5-8-22(17-20)43-16-6-13-29(39)40/h1-2,5,7-10,14-15,17-18,27-28,30-31,38H,3-4,6,11-13,16,19H2,(H,36,41)(H,39,40)/t27-,28-,30+,31-/m0/s1. The summed E-state index contributed by atoms with van der Waals surface area (Å²) in [5.41, 5.74) is 4.79. The highest BCUT2D eigenvalue weighted by atomic mass is 35.5. The van der Waals surface area contributed by atoms with Gasteiger partial charge in [-0.2, -0.15) is 0 Å². The van der Waals surface area contributed by atoms with Crippen LogP contribution in [0.15, 0.2) is 66.7 Å². The van der Waals surface area contributed by atoms with E-state index in [1.165, 1.54) is 0 Å². The Morgan fingerprint density at radius 2 is 1.77 bits per heavy atom. The lowest BCUT2D eigenvalue weighted by atomic mass is 9.77. The molecule has 2 amide bonds. The zero-order valence-electron chi connectivity index (χ0n) is 24.0. The number of nitrogens with one attached hydrogen (secondary N) is 1. The van der Waals surface area contributed by atoms with E-state index in [4.69, 9.17) is 37.9 Å². The van der Waals surface area contributed by atoms with Crippen molar-refractivity contribution in [2.75, 3.05) is 6.61 Å². The molecule has 232 valence electrons. The van der Waals surface area contributed by atoms with E-state index in [1.807, 2.05) is 6.07 Å². The maximum Gasteiger partial charge on any atom is 0.303 e. The number of hydrogen-bond donors (Lipinski definition) is 3. The van der Waals surface area contributed by atoms with Crippen LogP contribution in [0.4, 0.5) is 0 Å². The van der Waals surface area contributed by atoms with Crippen LogP contribution in [0, 0.1) is 0 Å². The molecule has 0 spiro atoms. The van der Waals surface area contributed by atoms with Crippen molar-refractivity contribution in [3.05, 3.63) is 99.0 Å². The molecular formula is C33H34Cl2N2O7. The minimum absolute atomic E-state index is 0.0179. The van der Waals surface area contributed by atoms with Gasteiger partial charge in [0, 0.05) is 22.0 Å². The van der Waals surface area contributed by atoms with Gasteiger partial charge in [0.15, 0.2) is 0 Å². The molecule has 3 aromatic carbocycles. The van der Waals surface area contributed by atoms with Crippen molar-refractivity contribution >= 4 is 41.0 Å². The first kappa shape index (κ1) is 31.8. The summed E-state index contributed by atoms with van der Waals surface area (Å²) in [5.74, 6) is -1.97. The molecule has 1 heterocycles. The predicted molar refractivity (Wildman–Crippen MR) is 165 cm³/mol. The number of rotatable bonds is 11. The monoisotopic (exact) mass is 640 g/mol. The Bertz CT molecular complexity index is 1520. The normalized spacial score (nSPS) is 21.4. The van der Waals surface area contributed by atoms with Crippen LogP contribution in [0.3, 0.4) is 0 Å². The molecule has 1 saturated carbocycles. The fourth-order valence-corrected chi connectivity index (χ4v) is 6.60. The van der Waals surface area contributed by atoms with Gasteiger partial charge in [0.1, 0.15) is 5.75 Å². The van der Waals surface area contributed by atoms with Crippen molar-refractivity contribution < 1.29 is 34.2 Å². The number of carbonyl (C=O) groups excluding carboxylic acids is 2. The highest BCUT2D eigenvalue weighted by Crippen LogP contribution is 2.47. The minimum atomic E-state index is -0.902. The van der Waals surface area contributed by atoms with E-state index in [0.717, 1.165) is 18.4 Å². The van der Waals surface area contributed by atoms with Crippen LogP contribution in [0.1, 0.15) is 77.5 Å². The van der Waals surface area contributed by atoms with Crippen molar-refractivity contribution in [1.29, 1.82) is 0 Å². The molecule has 1 fully saturated rings. The van der Waals surface area contributed by atoms with Gasteiger partial charge in [-0.15, -0.1) is 0 Å². The number of ether oxygens (including phenoxy) is 1. The second-order valence-electron chi connectivity index (χ2n) is 11.1. The number of aliphatic hydroxyl groups is 1. The third kappa shape index (κ3) is 7.18. The molecule has 11 heteroatoms. The Morgan fingerprint density at radius 3 is 2.55 bits per heavy atom. The molecule has 0 unspecified atom stereocenters. The summed E-state index contributed by atoms with van der Waals surface area (Å²) in [7, 11) is 0. The van der Waals surface area contributed by atoms with Crippen molar-refractivity contribution in [2.45, 2.75) is 69.2 Å². The highest BCUT2D eigenvalue weighted by Gasteiger charge is 2.49. The summed E-state index contributed by atoms with van der Waals surface area (Å²) in [6, 6.07) is 17.7. The van der Waals surface area contributed by atoms with Crippen LogP contribution in [0.2, 0.25) is 10.0 Å². The Morgan fingerprint density at radius 1 is 0.977 bits per heavy atom. The van der Waals surface area contributed by atoms with Gasteiger partial charge >= 0.3 is 5.97 Å². The molecule has 0 aromatic heterocycles. The molecule has 5 rings (SSSR count). The number of carboxylic acid groups (broad SMARTS) is 1. The molecule has 0 saturated heterocycles. The highest BCUT2D eigenvalue weighted by molar-refractivity contribution is 6.35. The van der Waals surface area contributed by atoms with E-state index in [2.05, 4.69) is 5.48 Å². The molecule has 3 aromatic rings. The minimum Gasteiger partial charge on any atom is -0.494 e. The van der Waals surface area contributed by atoms with Gasteiger partial charge in [-0.25, -0.2) is 5.48 Å². The van der Waals surface area contributed by atoms with Crippen molar-refractivity contribution in [1.82, 2.24) is 10.4 Å². The first-order chi connectivity index (χ1) is 21.2. The third-order valence-corrected chi connectivity index (χ3v) is 8.67. The Kier molecular flexibility index (Phi) is 10.4. The van der Waals surface area contributed by atoms with Gasteiger partial charge in [-0.1, -0.05) is 72.4 Å². The Hall–Kier alpha value is -3.63. The predicted octanol–water partition coefficient (Wildman–Crippen LogP) is 6.07. The lowest BCUT2D eigenvalue weighted by Gasteiger charge is -2.48. The van der Waals surface area contributed by atoms with E-state index in [9.17, 15) is 19.5 Å². The number of aliphatic hydroxyl groups excluding tert-OH is 1. The summed E-state index contributed by atoms with van der Waals surface area (Å²) >= 11 is 12.9. The van der Waals surface area contributed by atoms with Crippen molar-refractivity contribution in [3.8, 4) is 5.75 Å². The zero-order chi connectivity index (χ0) is 31.2. The summed E-state index contributed by atoms with van der Waals surface area (Å²) < 4.78 is 5.64. The van der Waals surface area contributed by atoms with Crippen LogP contribution in [-0.2, 0) is 21.0 Å². The van der Waals surface area contributed by atoms with Crippen LogP contribution >= 0.6 is 23.2 Å². The number of hydroxylamine groups is 1. The molecule has 0 radical (unpaired) electrons. The number of aliphatic carboxylic acids is 1. The SMILES string of the molecule is O=C(O)CCCOc1cccc(CONC(=O)[C@@H]2c3ccccc3C(=O)N([C@H]3CCCC[C@@H]3O)[C@H]2c2ccc(Cl)cc2Cl)c1. The van der Waals surface area contributed by atoms with E-state index in [1.54, 1.807) is 65.6 Å². The van der Waals surface area contributed by atoms with Gasteiger partial charge in [-0.05, 0) is 66.3 Å². The van der Waals surface area contributed by atoms with Crippen LogP contribution in [-0.4, -0.2) is 51.6 Å². The average Bonchev–Trinajstić information content (AvgIpc) is 3.00. The molecule has 1 aliphatic heterocycles. The van der Waals surface area contributed by atoms with Crippen molar-refractivity contribution in [3.63, 3.8) is 0 Å². The van der Waals surface area contributed by atoms with E-state index in [-0.39, 0.29) is 25.5 Å². The fourth-order valence-electron chi connectivity index (χ4n) is 6.08. The average molecular weight is 642 g/mol. The summed E-state index contributed by atoms with van der Waals surface area (Å²) in [5, 5.41) is 20.6. The topological polar surface area (TPSA) is 125 Å². The number of fused-ring (bicyclic) bond motifs is 1. The first-order valence-corrected chi connectivity index (χ1v) is 15.4. The quantitative estimate of drug-likeness (QED) is 0.172. The number of nitrogens with zero attached hydrogens (tertiary/aromatic N) is 1. The van der Waals surface area contributed by atoms with Crippen LogP contribution in [0.25, 0.3) is 0 Å². The third-order valence-electron chi connectivity index (χ3n) is 8.10. The molecule has 4 atom stereocenters. The molecule has 9 nitrogen and oxygen atoms in total. The summed E-state index contributed by atoms with van der Waals surface area (Å²) in [4.78, 5) is 46.2. The molecule has 44 heavy (non-hydrogen) atoms. The maximum absolute atomic E-state index is 14.1. The van der Waals surface area contributed by atoms with Crippen LogP contribution < -0.4 is 10.2 Å². The van der Waals surface area contributed by atoms with E-state index >= 15 is 0 Å². The maximum atomic E-state index is 14.1. The number of carbonyl (C=O) groups is 3. The van der Waals surface area contributed by atoms with Crippen LogP contribution in [0.5, 0.6) is 5.75 Å². The van der Waals surface area contributed by atoms with Crippen molar-refractivity contribution in [2.24, 2.45) is 0 Å². The number of carboxylic acids is 1. The van der Waals surface area contributed by atoms with Gasteiger partial charge in [0.05, 0.1) is 37.3 Å². The van der Waals surface area contributed by atoms with Gasteiger partial charge in [0.25, 0.3) is 11.8 Å². The summed E-state index contributed by atoms with van der Waals surface area (Å²) in [6.45, 7) is 0.288. The Labute approximate surface area is 265 Å². The first-order valence-electron chi connectivity index (χ1n) is 14.6.